The van der Waals surface area contributed by atoms with Crippen LogP contribution in [0.15, 0.2) is 0 Å². The largest absolute Gasteiger partial charge is 0.415 e. The van der Waals surface area contributed by atoms with E-state index in [0.29, 0.717) is 6.61 Å². The van der Waals surface area contributed by atoms with Crippen molar-refractivity contribution in [3.05, 3.63) is 0 Å². The van der Waals surface area contributed by atoms with Crippen LogP contribution < -0.4 is 0 Å². The van der Waals surface area contributed by atoms with E-state index in [1.807, 2.05) is 0 Å². The van der Waals surface area contributed by atoms with Gasteiger partial charge in [0.1, 0.15) is 18.5 Å². The molecule has 0 saturated heterocycles. The lowest BCUT2D eigenvalue weighted by molar-refractivity contribution is -0.127. The maximum atomic E-state index is 12.3. The highest BCUT2D eigenvalue weighted by atomic mass is 28.4. The number of carbonyl (C=O) groups excluding carboxylic acids is 1. The van der Waals surface area contributed by atoms with E-state index < -0.39 is 59.9 Å². The summed E-state index contributed by atoms with van der Waals surface area (Å²) in [5.41, 5.74) is 0. The summed E-state index contributed by atoms with van der Waals surface area (Å²) in [5, 5.41) is 0. The van der Waals surface area contributed by atoms with E-state index in [4.69, 9.17) is 22.1 Å². The Kier molecular flexibility index (Phi) is 12.2. The van der Waals surface area contributed by atoms with Crippen molar-refractivity contribution in [1.29, 1.82) is 0 Å². The van der Waals surface area contributed by atoms with Crippen LogP contribution in [0.4, 0.5) is 0 Å². The van der Waals surface area contributed by atoms with Crippen molar-refractivity contribution in [1.82, 2.24) is 0 Å². The smallest absolute Gasteiger partial charge is 0.184 e. The first-order valence-electron chi connectivity index (χ1n) is 11.7. The average Bonchev–Trinajstić information content (AvgIpc) is 2.48. The zero-order chi connectivity index (χ0) is 25.8. The summed E-state index contributed by atoms with van der Waals surface area (Å²) in [6, 6.07) is 0. The summed E-state index contributed by atoms with van der Waals surface area (Å²) in [4.78, 5) is 12.3. The lowest BCUT2D eigenvalue weighted by atomic mass is 10.0. The second kappa shape index (κ2) is 12.0. The molecule has 0 fully saturated rings. The zero-order valence-corrected chi connectivity index (χ0v) is 28.5. The molecule has 0 aliphatic heterocycles. The molecule has 11 heteroatoms. The molecule has 32 heavy (non-hydrogen) atoms. The first-order chi connectivity index (χ1) is 13.9. The maximum absolute atomic E-state index is 12.3. The molecule has 0 radical (unpaired) electrons. The van der Waals surface area contributed by atoms with Crippen molar-refractivity contribution in [2.75, 3.05) is 6.61 Å². The van der Waals surface area contributed by atoms with Crippen molar-refractivity contribution in [3.8, 4) is 0 Å². The first kappa shape index (κ1) is 32.6. The van der Waals surface area contributed by atoms with Gasteiger partial charge in [-0.15, -0.1) is 0 Å². The molecule has 4 atom stereocenters. The van der Waals surface area contributed by atoms with Crippen molar-refractivity contribution in [3.63, 3.8) is 0 Å². The Hall–Kier alpha value is 0.554. The molecule has 6 nitrogen and oxygen atoms in total. The summed E-state index contributed by atoms with van der Waals surface area (Å²) in [6.45, 7) is 32.6. The maximum Gasteiger partial charge on any atom is 0.184 e. The van der Waals surface area contributed by atoms with Crippen LogP contribution in [-0.4, -0.2) is 78.9 Å². The molecule has 0 rings (SSSR count). The van der Waals surface area contributed by atoms with Gasteiger partial charge in [-0.25, -0.2) is 0 Å². The molecule has 0 aromatic carbocycles. The van der Waals surface area contributed by atoms with E-state index in [1.165, 1.54) is 0 Å². The van der Waals surface area contributed by atoms with Gasteiger partial charge < -0.3 is 26.9 Å². The van der Waals surface area contributed by atoms with Gasteiger partial charge in [0.15, 0.2) is 41.6 Å². The van der Waals surface area contributed by atoms with Gasteiger partial charge >= 0.3 is 0 Å². The van der Waals surface area contributed by atoms with Gasteiger partial charge in [0.2, 0.25) is 0 Å². The Labute approximate surface area is 203 Å². The Morgan fingerprint density at radius 3 is 1.22 bits per heavy atom. The topological polar surface area (TPSA) is 63.2 Å². The Morgan fingerprint density at radius 1 is 0.531 bits per heavy atom. The minimum Gasteiger partial charge on any atom is -0.415 e. The van der Waals surface area contributed by atoms with Gasteiger partial charge in [-0.1, -0.05) is 0 Å². The third-order valence-electron chi connectivity index (χ3n) is 3.80. The molecule has 0 aliphatic carbocycles. The van der Waals surface area contributed by atoms with Crippen LogP contribution in [0.25, 0.3) is 0 Å². The van der Waals surface area contributed by atoms with Gasteiger partial charge in [-0.05, 0) is 98.2 Å². The minimum atomic E-state index is -2.04. The summed E-state index contributed by atoms with van der Waals surface area (Å²) >= 11 is 0. The molecule has 0 aromatic heterocycles. The van der Waals surface area contributed by atoms with Crippen LogP contribution in [0, 0.1) is 0 Å². The molecule has 0 unspecified atom stereocenters. The normalized spacial score (nSPS) is 18.2. The van der Waals surface area contributed by atoms with E-state index in [-0.39, 0.29) is 6.10 Å². The standard InChI is InChI=1S/C21H52O6Si5/c1-28(2,3)23-17-19(25-30(7,8)9)21(27-32(13,14)15)20(26-31(10,11)12)18(16-22)24-29(4,5)6/h16,18-21H,17H2,1-15H3/t18-,19+,20+,21-/m1/s1. The van der Waals surface area contributed by atoms with Crippen LogP contribution in [0.5, 0.6) is 0 Å². The molecule has 192 valence electrons. The number of hydrogen-bond acceptors (Lipinski definition) is 6. The molecule has 0 spiro atoms. The minimum absolute atomic E-state index is 0.325. The summed E-state index contributed by atoms with van der Waals surface area (Å²) < 4.78 is 32.8. The SMILES string of the molecule is C[Si](C)(C)OC[C@H](O[Si](C)(C)C)[C@@H](O[Si](C)(C)C)[C@@H](O[Si](C)(C)C)[C@@H](C=O)O[Si](C)(C)C. The molecule has 0 bridgehead atoms. The van der Waals surface area contributed by atoms with E-state index >= 15 is 0 Å². The highest BCUT2D eigenvalue weighted by molar-refractivity contribution is 6.71. The zero-order valence-electron chi connectivity index (χ0n) is 23.5. The van der Waals surface area contributed by atoms with E-state index in [2.05, 4.69) is 98.2 Å². The van der Waals surface area contributed by atoms with Crippen molar-refractivity contribution in [2.24, 2.45) is 0 Å². The third kappa shape index (κ3) is 16.2. The second-order valence-corrected chi connectivity index (χ2v) is 35.8. The van der Waals surface area contributed by atoms with E-state index in [1.54, 1.807) is 0 Å². The molecule has 0 amide bonds. The number of rotatable bonds is 15. The first-order valence-corrected chi connectivity index (χ1v) is 28.8. The summed E-state index contributed by atoms with van der Waals surface area (Å²) in [6.07, 6.45) is -1.11. The van der Waals surface area contributed by atoms with E-state index in [0.717, 1.165) is 6.29 Å². The number of hydrogen-bond donors (Lipinski definition) is 0. The van der Waals surface area contributed by atoms with E-state index in [9.17, 15) is 4.79 Å². The fourth-order valence-electron chi connectivity index (χ4n) is 3.05. The molecule has 0 saturated carbocycles. The van der Waals surface area contributed by atoms with Gasteiger partial charge in [-0.3, -0.25) is 0 Å². The van der Waals surface area contributed by atoms with Crippen LogP contribution in [0.3, 0.4) is 0 Å². The predicted molar refractivity (Wildman–Crippen MR) is 148 cm³/mol. The summed E-state index contributed by atoms with van der Waals surface area (Å²) in [5.74, 6) is 0. The average molecular weight is 541 g/mol. The quantitative estimate of drug-likeness (QED) is 0.190. The van der Waals surface area contributed by atoms with Crippen molar-refractivity contribution in [2.45, 2.75) is 123 Å². The van der Waals surface area contributed by atoms with Crippen molar-refractivity contribution < 1.29 is 26.9 Å². The molecular formula is C21H52O6Si5. The van der Waals surface area contributed by atoms with Gasteiger partial charge in [0, 0.05) is 0 Å². The van der Waals surface area contributed by atoms with Crippen LogP contribution in [0.2, 0.25) is 98.2 Å². The van der Waals surface area contributed by atoms with Crippen LogP contribution >= 0.6 is 0 Å². The molecular weight excluding hydrogens is 489 g/mol. The lowest BCUT2D eigenvalue weighted by Gasteiger charge is -2.44. The molecule has 0 aliphatic rings. The Balaban J connectivity index is 6.51. The molecule has 0 N–H and O–H groups in total. The second-order valence-electron chi connectivity index (χ2n) is 13.4. The third-order valence-corrected chi connectivity index (χ3v) is 8.78. The fourth-order valence-corrected chi connectivity index (χ4v) is 8.02. The lowest BCUT2D eigenvalue weighted by Crippen LogP contribution is -2.59. The molecule has 0 aromatic rings. The van der Waals surface area contributed by atoms with Gasteiger partial charge in [0.25, 0.3) is 0 Å². The van der Waals surface area contributed by atoms with Crippen LogP contribution in [-0.2, 0) is 26.9 Å². The Morgan fingerprint density at radius 2 is 0.906 bits per heavy atom. The monoisotopic (exact) mass is 540 g/mol. The number of aldehydes is 1. The van der Waals surface area contributed by atoms with Gasteiger partial charge in [0.05, 0.1) is 18.8 Å². The highest BCUT2D eigenvalue weighted by Gasteiger charge is 2.45. The van der Waals surface area contributed by atoms with Crippen LogP contribution in [0.1, 0.15) is 0 Å². The van der Waals surface area contributed by atoms with Crippen molar-refractivity contribution >= 4 is 47.9 Å². The van der Waals surface area contributed by atoms with Gasteiger partial charge in [-0.2, -0.15) is 0 Å². The fraction of sp³-hybridized carbons (Fsp3) is 0.952. The summed E-state index contributed by atoms with van der Waals surface area (Å²) in [7, 11) is -9.81. The Bertz CT molecular complexity index is 570. The number of carbonyl (C=O) groups is 1. The molecule has 0 heterocycles. The predicted octanol–water partition coefficient (Wildman–Crippen LogP) is 5.92. The highest BCUT2D eigenvalue weighted by Crippen LogP contribution is 2.28.